The van der Waals surface area contributed by atoms with Crippen molar-refractivity contribution in [1.29, 1.82) is 0 Å². The van der Waals surface area contributed by atoms with E-state index < -0.39 is 6.10 Å². The summed E-state index contributed by atoms with van der Waals surface area (Å²) < 4.78 is 5.61. The minimum Gasteiger partial charge on any atom is -0.481 e. The number of hydrogen-bond donors (Lipinski definition) is 1. The number of carbonyl (C=O) groups excluding carboxylic acids is 1. The van der Waals surface area contributed by atoms with Crippen LogP contribution in [0.15, 0.2) is 53.6 Å². The average Bonchev–Trinajstić information content (AvgIpc) is 2.55. The minimum atomic E-state index is -0.625. The zero-order valence-electron chi connectivity index (χ0n) is 14.5. The maximum Gasteiger partial charge on any atom is 0.280 e. The van der Waals surface area contributed by atoms with Crippen LogP contribution < -0.4 is 15.1 Å². The van der Waals surface area contributed by atoms with E-state index in [-0.39, 0.29) is 5.91 Å². The summed E-state index contributed by atoms with van der Waals surface area (Å²) in [6.45, 7) is 3.67. The van der Waals surface area contributed by atoms with Crippen LogP contribution in [0.2, 0.25) is 0 Å². The average molecular weight is 325 g/mol. The predicted octanol–water partition coefficient (Wildman–Crippen LogP) is 2.98. The number of carbonyl (C=O) groups is 1. The molecule has 1 N–H and O–H groups in total. The molecule has 0 aromatic heterocycles. The van der Waals surface area contributed by atoms with E-state index in [4.69, 9.17) is 4.74 Å². The van der Waals surface area contributed by atoms with E-state index in [1.54, 1.807) is 13.1 Å². The Bertz CT molecular complexity index is 709. The first-order valence-electron chi connectivity index (χ1n) is 7.79. The minimum absolute atomic E-state index is 0.294. The van der Waals surface area contributed by atoms with Crippen molar-refractivity contribution in [3.05, 3.63) is 59.7 Å². The topological polar surface area (TPSA) is 53.9 Å². The Hall–Kier alpha value is -2.82. The van der Waals surface area contributed by atoms with Crippen molar-refractivity contribution in [2.45, 2.75) is 20.0 Å². The Morgan fingerprint density at radius 1 is 1.21 bits per heavy atom. The van der Waals surface area contributed by atoms with Crippen molar-refractivity contribution in [2.24, 2.45) is 5.10 Å². The fourth-order valence-electron chi connectivity index (χ4n) is 2.07. The van der Waals surface area contributed by atoms with Crippen LogP contribution in [0.25, 0.3) is 0 Å². The number of nitrogens with one attached hydrogen (secondary N) is 1. The molecule has 0 spiro atoms. The molecule has 2 aromatic carbocycles. The standard InChI is InChI=1S/C19H23N3O2/c1-14-6-5-7-18(12-14)24-15(2)19(23)21-20-13-16-8-10-17(11-9-16)22(3)4/h5-13,15H,1-4H3,(H,21,23)/b20-13+. The molecule has 24 heavy (non-hydrogen) atoms. The van der Waals surface area contributed by atoms with Gasteiger partial charge in [0.1, 0.15) is 5.75 Å². The quantitative estimate of drug-likeness (QED) is 0.656. The first-order valence-corrected chi connectivity index (χ1v) is 7.79. The van der Waals surface area contributed by atoms with Crippen LogP contribution in [-0.4, -0.2) is 32.3 Å². The molecule has 2 rings (SSSR count). The van der Waals surface area contributed by atoms with Crippen molar-refractivity contribution in [1.82, 2.24) is 5.43 Å². The van der Waals surface area contributed by atoms with Crippen LogP contribution >= 0.6 is 0 Å². The number of benzene rings is 2. The van der Waals surface area contributed by atoms with Gasteiger partial charge in [0.05, 0.1) is 6.21 Å². The van der Waals surface area contributed by atoms with Gasteiger partial charge in [0.2, 0.25) is 0 Å². The number of hydrazone groups is 1. The number of aryl methyl sites for hydroxylation is 1. The highest BCUT2D eigenvalue weighted by molar-refractivity contribution is 5.84. The van der Waals surface area contributed by atoms with Gasteiger partial charge in [0, 0.05) is 19.8 Å². The lowest BCUT2D eigenvalue weighted by Crippen LogP contribution is -2.33. The second-order valence-electron chi connectivity index (χ2n) is 5.80. The molecule has 1 unspecified atom stereocenters. The van der Waals surface area contributed by atoms with Gasteiger partial charge in [-0.15, -0.1) is 0 Å². The van der Waals surface area contributed by atoms with Gasteiger partial charge in [0.25, 0.3) is 5.91 Å². The van der Waals surface area contributed by atoms with E-state index in [0.717, 1.165) is 16.8 Å². The van der Waals surface area contributed by atoms with Gasteiger partial charge in [-0.2, -0.15) is 5.10 Å². The fraction of sp³-hybridized carbons (Fsp3) is 0.263. The van der Waals surface area contributed by atoms with E-state index >= 15 is 0 Å². The highest BCUT2D eigenvalue weighted by atomic mass is 16.5. The highest BCUT2D eigenvalue weighted by Crippen LogP contribution is 2.14. The Kier molecular flexibility index (Phi) is 5.95. The molecule has 5 heteroatoms. The Morgan fingerprint density at radius 2 is 1.92 bits per heavy atom. The molecule has 0 saturated heterocycles. The molecule has 0 radical (unpaired) electrons. The van der Waals surface area contributed by atoms with Crippen molar-refractivity contribution in [3.63, 3.8) is 0 Å². The van der Waals surface area contributed by atoms with E-state index in [0.29, 0.717) is 5.75 Å². The van der Waals surface area contributed by atoms with Gasteiger partial charge >= 0.3 is 0 Å². The molecule has 0 heterocycles. The molecule has 5 nitrogen and oxygen atoms in total. The third-order valence-corrected chi connectivity index (χ3v) is 3.47. The second kappa shape index (κ2) is 8.15. The second-order valence-corrected chi connectivity index (χ2v) is 5.80. The summed E-state index contributed by atoms with van der Waals surface area (Å²) in [6.07, 6.45) is 0.983. The molecule has 0 saturated carbocycles. The van der Waals surface area contributed by atoms with E-state index in [1.807, 2.05) is 74.4 Å². The molecule has 0 aliphatic rings. The largest absolute Gasteiger partial charge is 0.481 e. The van der Waals surface area contributed by atoms with Gasteiger partial charge in [-0.25, -0.2) is 5.43 Å². The zero-order valence-corrected chi connectivity index (χ0v) is 14.5. The van der Waals surface area contributed by atoms with Crippen molar-refractivity contribution in [3.8, 4) is 5.75 Å². The highest BCUT2D eigenvalue weighted by Gasteiger charge is 2.13. The van der Waals surface area contributed by atoms with E-state index in [1.165, 1.54) is 0 Å². The van der Waals surface area contributed by atoms with Gasteiger partial charge < -0.3 is 9.64 Å². The van der Waals surface area contributed by atoms with Gasteiger partial charge in [-0.05, 0) is 49.2 Å². The smallest absolute Gasteiger partial charge is 0.280 e. The molecular formula is C19H23N3O2. The number of ether oxygens (including phenoxy) is 1. The molecule has 0 fully saturated rings. The zero-order chi connectivity index (χ0) is 17.5. The summed E-state index contributed by atoms with van der Waals surface area (Å²) in [5.41, 5.74) is 5.60. The van der Waals surface area contributed by atoms with E-state index in [2.05, 4.69) is 10.5 Å². The number of rotatable bonds is 6. The molecule has 2 aromatic rings. The SMILES string of the molecule is Cc1cccc(OC(C)C(=O)N/N=C/c2ccc(N(C)C)cc2)c1. The summed E-state index contributed by atoms with van der Waals surface area (Å²) in [7, 11) is 3.97. The number of hydrogen-bond acceptors (Lipinski definition) is 4. The molecular weight excluding hydrogens is 302 g/mol. The Morgan fingerprint density at radius 3 is 2.54 bits per heavy atom. The van der Waals surface area contributed by atoms with Crippen LogP contribution in [0.3, 0.4) is 0 Å². The summed E-state index contributed by atoms with van der Waals surface area (Å²) in [5.74, 6) is 0.374. The van der Waals surface area contributed by atoms with Crippen LogP contribution in [0.1, 0.15) is 18.1 Å². The van der Waals surface area contributed by atoms with Crippen LogP contribution in [0.5, 0.6) is 5.75 Å². The molecule has 126 valence electrons. The lowest BCUT2D eigenvalue weighted by molar-refractivity contribution is -0.127. The molecule has 1 atom stereocenters. The maximum absolute atomic E-state index is 12.0. The number of amides is 1. The fourth-order valence-corrected chi connectivity index (χ4v) is 2.07. The lowest BCUT2D eigenvalue weighted by Gasteiger charge is -2.13. The first-order chi connectivity index (χ1) is 11.5. The first kappa shape index (κ1) is 17.5. The third-order valence-electron chi connectivity index (χ3n) is 3.47. The Labute approximate surface area is 142 Å². The van der Waals surface area contributed by atoms with Crippen molar-refractivity contribution >= 4 is 17.8 Å². The van der Waals surface area contributed by atoms with Gasteiger partial charge in [-0.3, -0.25) is 4.79 Å². The normalized spacial score (nSPS) is 12.0. The van der Waals surface area contributed by atoms with Crippen LogP contribution in [0, 0.1) is 6.92 Å². The van der Waals surface area contributed by atoms with Gasteiger partial charge in [0.15, 0.2) is 6.10 Å². The summed E-state index contributed by atoms with van der Waals surface area (Å²) in [5, 5.41) is 3.98. The van der Waals surface area contributed by atoms with Crippen LogP contribution in [0.4, 0.5) is 5.69 Å². The Balaban J connectivity index is 1.87. The third kappa shape index (κ3) is 5.12. The summed E-state index contributed by atoms with van der Waals surface area (Å²) in [4.78, 5) is 14.0. The molecule has 0 aliphatic carbocycles. The number of anilines is 1. The molecule has 0 bridgehead atoms. The predicted molar refractivity (Wildman–Crippen MR) is 97.8 cm³/mol. The summed E-state index contributed by atoms with van der Waals surface area (Å²) in [6, 6.07) is 15.5. The van der Waals surface area contributed by atoms with Gasteiger partial charge in [-0.1, -0.05) is 24.3 Å². The molecule has 0 aliphatic heterocycles. The van der Waals surface area contributed by atoms with Crippen molar-refractivity contribution in [2.75, 3.05) is 19.0 Å². The number of nitrogens with zero attached hydrogens (tertiary/aromatic N) is 2. The monoisotopic (exact) mass is 325 g/mol. The molecule has 1 amide bonds. The van der Waals surface area contributed by atoms with Crippen LogP contribution in [-0.2, 0) is 4.79 Å². The van der Waals surface area contributed by atoms with E-state index in [9.17, 15) is 4.79 Å². The van der Waals surface area contributed by atoms with Crippen molar-refractivity contribution < 1.29 is 9.53 Å². The maximum atomic E-state index is 12.0. The summed E-state index contributed by atoms with van der Waals surface area (Å²) >= 11 is 0. The lowest BCUT2D eigenvalue weighted by atomic mass is 10.2.